The summed E-state index contributed by atoms with van der Waals surface area (Å²) in [4.78, 5) is 0. The molecule has 0 aliphatic rings. The first-order chi connectivity index (χ1) is 7.65. The van der Waals surface area contributed by atoms with E-state index in [1.807, 2.05) is 0 Å². The highest BCUT2D eigenvalue weighted by Gasteiger charge is 2.05. The molecule has 0 heterocycles. The van der Waals surface area contributed by atoms with Crippen LogP contribution in [0.15, 0.2) is 18.2 Å². The molecule has 88 valence electrons. The van der Waals surface area contributed by atoms with Gasteiger partial charge in [0.1, 0.15) is 11.7 Å². The average Bonchev–Trinajstić information content (AvgIpc) is 2.26. The van der Waals surface area contributed by atoms with Gasteiger partial charge in [0.05, 0.1) is 6.61 Å². The molecule has 3 N–H and O–H groups in total. The van der Waals surface area contributed by atoms with Gasteiger partial charge in [0, 0.05) is 17.7 Å². The van der Waals surface area contributed by atoms with Crippen molar-refractivity contribution in [1.82, 2.24) is 0 Å². The first-order valence-corrected chi connectivity index (χ1v) is 5.35. The lowest BCUT2D eigenvalue weighted by molar-refractivity contribution is 0.116. The molecule has 3 nitrogen and oxygen atoms in total. The summed E-state index contributed by atoms with van der Waals surface area (Å²) in [6.45, 7) is 2.99. The molecule has 1 aromatic carbocycles. The van der Waals surface area contributed by atoms with Crippen molar-refractivity contribution in [2.24, 2.45) is 5.73 Å². The maximum absolute atomic E-state index is 13.5. The zero-order valence-electron chi connectivity index (χ0n) is 9.42. The Morgan fingerprint density at radius 1 is 1.50 bits per heavy atom. The number of halogens is 1. The zero-order valence-corrected chi connectivity index (χ0v) is 9.42. The maximum atomic E-state index is 13.5. The van der Waals surface area contributed by atoms with Crippen molar-refractivity contribution in [2.45, 2.75) is 26.4 Å². The molecule has 0 aliphatic heterocycles. The molecule has 0 saturated carbocycles. The fourth-order valence-electron chi connectivity index (χ4n) is 1.26. The van der Waals surface area contributed by atoms with Gasteiger partial charge in [-0.2, -0.15) is 0 Å². The van der Waals surface area contributed by atoms with Crippen LogP contribution in [-0.2, 0) is 11.3 Å². The summed E-state index contributed by atoms with van der Waals surface area (Å²) < 4.78 is 18.8. The molecule has 4 heteroatoms. The Hall–Kier alpha value is -1.42. The lowest BCUT2D eigenvalue weighted by Crippen LogP contribution is -2.11. The highest BCUT2D eigenvalue weighted by Crippen LogP contribution is 2.11. The van der Waals surface area contributed by atoms with Gasteiger partial charge >= 0.3 is 0 Å². The maximum Gasteiger partial charge on any atom is 0.129 e. The zero-order chi connectivity index (χ0) is 12.0. The average molecular weight is 224 g/mol. The Morgan fingerprint density at radius 3 is 2.81 bits per heavy atom. The Bertz CT molecular complexity index is 366. The van der Waals surface area contributed by atoms with Gasteiger partial charge < -0.3 is 10.5 Å². The minimum Gasteiger partial charge on any atom is -0.384 e. The van der Waals surface area contributed by atoms with E-state index in [9.17, 15) is 4.39 Å². The van der Waals surface area contributed by atoms with Crippen LogP contribution in [0.5, 0.6) is 0 Å². The minimum atomic E-state index is -0.371. The summed E-state index contributed by atoms with van der Waals surface area (Å²) in [5.41, 5.74) is 6.16. The predicted molar refractivity (Wildman–Crippen MR) is 62.0 cm³/mol. The van der Waals surface area contributed by atoms with Crippen molar-refractivity contribution >= 4 is 5.84 Å². The molecular weight excluding hydrogens is 207 g/mol. The Labute approximate surface area is 94.9 Å². The number of amidine groups is 1. The third-order valence-corrected chi connectivity index (χ3v) is 2.26. The minimum absolute atomic E-state index is 0.127. The predicted octanol–water partition coefficient (Wildman–Crippen LogP) is 2.43. The topological polar surface area (TPSA) is 59.1 Å². The van der Waals surface area contributed by atoms with E-state index in [1.165, 1.54) is 6.07 Å². The number of unbranched alkanes of at least 4 members (excludes halogenated alkanes) is 1. The highest BCUT2D eigenvalue weighted by molar-refractivity contribution is 5.94. The SMILES string of the molecule is CCCCOCc1ccc(C(=N)N)cc1F. The van der Waals surface area contributed by atoms with Gasteiger partial charge in [-0.1, -0.05) is 25.5 Å². The van der Waals surface area contributed by atoms with E-state index in [0.29, 0.717) is 17.7 Å². The van der Waals surface area contributed by atoms with E-state index in [4.69, 9.17) is 15.9 Å². The molecule has 0 amide bonds. The number of nitrogens with two attached hydrogens (primary N) is 1. The number of nitrogen functional groups attached to an aromatic ring is 1. The van der Waals surface area contributed by atoms with Crippen LogP contribution in [0, 0.1) is 11.2 Å². The molecule has 1 rings (SSSR count). The molecule has 0 aromatic heterocycles. The lowest BCUT2D eigenvalue weighted by atomic mass is 10.1. The molecule has 0 radical (unpaired) electrons. The number of benzene rings is 1. The molecule has 1 aromatic rings. The number of hydrogen-bond donors (Lipinski definition) is 2. The molecule has 0 unspecified atom stereocenters. The van der Waals surface area contributed by atoms with E-state index < -0.39 is 0 Å². The second-order valence-electron chi connectivity index (χ2n) is 3.63. The largest absolute Gasteiger partial charge is 0.384 e. The fourth-order valence-corrected chi connectivity index (χ4v) is 1.26. The quantitative estimate of drug-likeness (QED) is 0.443. The molecule has 16 heavy (non-hydrogen) atoms. The van der Waals surface area contributed by atoms with Crippen molar-refractivity contribution in [2.75, 3.05) is 6.61 Å². The van der Waals surface area contributed by atoms with Crippen LogP contribution < -0.4 is 5.73 Å². The third kappa shape index (κ3) is 3.62. The van der Waals surface area contributed by atoms with Gasteiger partial charge in [-0.05, 0) is 12.5 Å². The van der Waals surface area contributed by atoms with Crippen LogP contribution in [0.3, 0.4) is 0 Å². The van der Waals surface area contributed by atoms with Crippen LogP contribution in [-0.4, -0.2) is 12.4 Å². The molecule has 0 atom stereocenters. The summed E-state index contributed by atoms with van der Waals surface area (Å²) in [5.74, 6) is -0.499. The smallest absolute Gasteiger partial charge is 0.129 e. The van der Waals surface area contributed by atoms with Crippen molar-refractivity contribution in [3.63, 3.8) is 0 Å². The van der Waals surface area contributed by atoms with E-state index in [-0.39, 0.29) is 18.3 Å². The standard InChI is InChI=1S/C12H17FN2O/c1-2-3-6-16-8-10-5-4-9(12(14)15)7-11(10)13/h4-5,7H,2-3,6,8H2,1H3,(H3,14,15). The summed E-state index contributed by atoms with van der Waals surface area (Å²) in [6.07, 6.45) is 2.04. The monoisotopic (exact) mass is 224 g/mol. The second kappa shape index (κ2) is 6.23. The number of rotatable bonds is 6. The van der Waals surface area contributed by atoms with E-state index in [2.05, 4.69) is 6.92 Å². The molecule has 0 saturated heterocycles. The number of hydrogen-bond acceptors (Lipinski definition) is 2. The van der Waals surface area contributed by atoms with Crippen LogP contribution in [0.25, 0.3) is 0 Å². The summed E-state index contributed by atoms with van der Waals surface area (Å²) in [5, 5.41) is 7.18. The van der Waals surface area contributed by atoms with E-state index in [0.717, 1.165) is 12.8 Å². The summed E-state index contributed by atoms with van der Waals surface area (Å²) >= 11 is 0. The third-order valence-electron chi connectivity index (χ3n) is 2.26. The van der Waals surface area contributed by atoms with Crippen molar-refractivity contribution in [3.05, 3.63) is 35.1 Å². The number of nitrogens with one attached hydrogen (secondary N) is 1. The van der Waals surface area contributed by atoms with E-state index >= 15 is 0 Å². The Morgan fingerprint density at radius 2 is 2.25 bits per heavy atom. The van der Waals surface area contributed by atoms with Crippen LogP contribution in [0.2, 0.25) is 0 Å². The first kappa shape index (κ1) is 12.6. The first-order valence-electron chi connectivity index (χ1n) is 5.35. The van der Waals surface area contributed by atoms with Crippen LogP contribution in [0.4, 0.5) is 4.39 Å². The van der Waals surface area contributed by atoms with Crippen LogP contribution >= 0.6 is 0 Å². The van der Waals surface area contributed by atoms with E-state index in [1.54, 1.807) is 12.1 Å². The molecule has 0 bridgehead atoms. The Kier molecular flexibility index (Phi) is 4.92. The van der Waals surface area contributed by atoms with Gasteiger partial charge in [-0.15, -0.1) is 0 Å². The van der Waals surface area contributed by atoms with Gasteiger partial charge in [0.25, 0.3) is 0 Å². The van der Waals surface area contributed by atoms with Gasteiger partial charge in [0.2, 0.25) is 0 Å². The highest BCUT2D eigenvalue weighted by atomic mass is 19.1. The normalized spacial score (nSPS) is 10.4. The fraction of sp³-hybridized carbons (Fsp3) is 0.417. The number of ether oxygens (including phenoxy) is 1. The molecule has 0 spiro atoms. The Balaban J connectivity index is 2.57. The summed E-state index contributed by atoms with van der Waals surface area (Å²) in [7, 11) is 0. The van der Waals surface area contributed by atoms with Crippen molar-refractivity contribution in [3.8, 4) is 0 Å². The molecule has 0 aliphatic carbocycles. The second-order valence-corrected chi connectivity index (χ2v) is 3.63. The van der Waals surface area contributed by atoms with Crippen molar-refractivity contribution in [1.29, 1.82) is 5.41 Å². The van der Waals surface area contributed by atoms with Gasteiger partial charge in [-0.3, -0.25) is 5.41 Å². The van der Waals surface area contributed by atoms with Crippen molar-refractivity contribution < 1.29 is 9.13 Å². The van der Waals surface area contributed by atoms with Gasteiger partial charge in [-0.25, -0.2) is 4.39 Å². The molecule has 0 fully saturated rings. The van der Waals surface area contributed by atoms with Crippen LogP contribution in [0.1, 0.15) is 30.9 Å². The summed E-state index contributed by atoms with van der Waals surface area (Å²) in [6, 6.07) is 4.50. The molecular formula is C12H17FN2O. The van der Waals surface area contributed by atoms with Gasteiger partial charge in [0.15, 0.2) is 0 Å². The lowest BCUT2D eigenvalue weighted by Gasteiger charge is -2.06.